The molecule has 7 heteroatoms. The van der Waals surface area contributed by atoms with E-state index in [1.165, 1.54) is 12.8 Å². The van der Waals surface area contributed by atoms with Crippen molar-refractivity contribution in [1.29, 1.82) is 0 Å². The number of amides is 2. The predicted octanol–water partition coefficient (Wildman–Crippen LogP) is 3.56. The van der Waals surface area contributed by atoms with E-state index >= 15 is 0 Å². The third-order valence-electron chi connectivity index (χ3n) is 7.18. The number of carbonyl (C=O) groups excluding carboxylic acids is 2. The first kappa shape index (κ1) is 21.2. The summed E-state index contributed by atoms with van der Waals surface area (Å²) in [5.74, 6) is 3.02. The van der Waals surface area contributed by atoms with Crippen LogP contribution in [0.25, 0.3) is 0 Å². The molecule has 0 bridgehead atoms. The third kappa shape index (κ3) is 4.43. The molecule has 3 aliphatic rings. The van der Waals surface area contributed by atoms with Crippen LogP contribution in [0.5, 0.6) is 0 Å². The lowest BCUT2D eigenvalue weighted by atomic mass is 9.92. The number of aryl methyl sites for hydroxylation is 2. The van der Waals surface area contributed by atoms with Crippen molar-refractivity contribution < 1.29 is 9.59 Å². The van der Waals surface area contributed by atoms with Crippen LogP contribution >= 0.6 is 0 Å². The zero-order chi connectivity index (χ0) is 22.2. The number of hydrogen-bond donors (Lipinski definition) is 1. The van der Waals surface area contributed by atoms with Gasteiger partial charge in [0.25, 0.3) is 5.91 Å². The van der Waals surface area contributed by atoms with Crippen molar-refractivity contribution in [2.75, 3.05) is 26.2 Å². The monoisotopic (exact) mass is 435 g/mol. The molecule has 1 atom stereocenters. The number of nitrogens with one attached hydrogen (secondary N) is 1. The molecule has 0 spiro atoms. The minimum Gasteiger partial charge on any atom is -0.342 e. The van der Waals surface area contributed by atoms with Crippen molar-refractivity contribution in [3.63, 3.8) is 0 Å². The molecule has 1 unspecified atom stereocenters. The number of aromatic nitrogens is 3. The standard InChI is InChI=1S/C25H33N5O2/c1-16-12-17(2)14-21(13-16)25(32)30-9-3-4-20(15-30)24(31)29-10-7-19(8-11-29)23-26-22(27-28-23)18-5-6-18/h12-14,18-20H,3-11,15H2,1-2H3,(H,26,27,28). The first-order valence-electron chi connectivity index (χ1n) is 12.1. The Bertz CT molecular complexity index is 983. The maximum Gasteiger partial charge on any atom is 0.253 e. The number of H-pyrrole nitrogens is 1. The first-order valence-corrected chi connectivity index (χ1v) is 12.1. The lowest BCUT2D eigenvalue weighted by Crippen LogP contribution is -2.48. The molecule has 2 aliphatic heterocycles. The highest BCUT2D eigenvalue weighted by Crippen LogP contribution is 2.38. The summed E-state index contributed by atoms with van der Waals surface area (Å²) in [6.07, 6.45) is 5.99. The molecule has 170 valence electrons. The average molecular weight is 436 g/mol. The van der Waals surface area contributed by atoms with E-state index in [4.69, 9.17) is 4.98 Å². The molecule has 1 aromatic carbocycles. The molecule has 32 heavy (non-hydrogen) atoms. The lowest BCUT2D eigenvalue weighted by molar-refractivity contribution is -0.138. The number of benzene rings is 1. The Morgan fingerprint density at radius 2 is 1.62 bits per heavy atom. The van der Waals surface area contributed by atoms with Crippen molar-refractivity contribution in [1.82, 2.24) is 25.0 Å². The van der Waals surface area contributed by atoms with Crippen LogP contribution in [0.4, 0.5) is 0 Å². The van der Waals surface area contributed by atoms with Gasteiger partial charge in [0.15, 0.2) is 5.82 Å². The Balaban J connectivity index is 1.17. The fraction of sp³-hybridized carbons (Fsp3) is 0.600. The number of nitrogens with zero attached hydrogens (tertiary/aromatic N) is 4. The highest BCUT2D eigenvalue weighted by Gasteiger charge is 2.35. The van der Waals surface area contributed by atoms with Crippen LogP contribution in [0, 0.1) is 19.8 Å². The number of likely N-dealkylation sites (tertiary alicyclic amines) is 2. The number of carbonyl (C=O) groups is 2. The van der Waals surface area contributed by atoms with E-state index in [0.717, 1.165) is 73.7 Å². The molecule has 3 fully saturated rings. The van der Waals surface area contributed by atoms with Gasteiger partial charge in [-0.25, -0.2) is 4.98 Å². The van der Waals surface area contributed by atoms with Crippen LogP contribution < -0.4 is 0 Å². The summed E-state index contributed by atoms with van der Waals surface area (Å²) in [7, 11) is 0. The van der Waals surface area contributed by atoms with Crippen molar-refractivity contribution in [2.24, 2.45) is 5.92 Å². The van der Waals surface area contributed by atoms with Crippen LogP contribution in [-0.4, -0.2) is 63.0 Å². The topological polar surface area (TPSA) is 82.2 Å². The van der Waals surface area contributed by atoms with Gasteiger partial charge in [0, 0.05) is 43.6 Å². The summed E-state index contributed by atoms with van der Waals surface area (Å²) >= 11 is 0. The molecule has 2 amide bonds. The maximum absolute atomic E-state index is 13.3. The van der Waals surface area contributed by atoms with Crippen LogP contribution in [0.1, 0.15) is 83.5 Å². The van der Waals surface area contributed by atoms with Gasteiger partial charge in [0.1, 0.15) is 5.82 Å². The Morgan fingerprint density at radius 1 is 0.906 bits per heavy atom. The van der Waals surface area contributed by atoms with E-state index in [0.29, 0.717) is 18.4 Å². The summed E-state index contributed by atoms with van der Waals surface area (Å²) in [5.41, 5.74) is 2.92. The smallest absolute Gasteiger partial charge is 0.253 e. The van der Waals surface area contributed by atoms with Gasteiger partial charge in [0.2, 0.25) is 5.91 Å². The molecule has 1 N–H and O–H groups in total. The molecule has 7 nitrogen and oxygen atoms in total. The largest absolute Gasteiger partial charge is 0.342 e. The number of hydrogen-bond acceptors (Lipinski definition) is 4. The van der Waals surface area contributed by atoms with Gasteiger partial charge in [0.05, 0.1) is 5.92 Å². The molecular weight excluding hydrogens is 402 g/mol. The van der Waals surface area contributed by atoms with Gasteiger partial charge in [-0.15, -0.1) is 0 Å². The quantitative estimate of drug-likeness (QED) is 0.796. The summed E-state index contributed by atoms with van der Waals surface area (Å²) < 4.78 is 0. The van der Waals surface area contributed by atoms with E-state index in [1.54, 1.807) is 0 Å². The highest BCUT2D eigenvalue weighted by molar-refractivity contribution is 5.95. The fourth-order valence-electron chi connectivity index (χ4n) is 5.27. The maximum atomic E-state index is 13.3. The van der Waals surface area contributed by atoms with Crippen LogP contribution in [-0.2, 0) is 4.79 Å². The molecule has 2 saturated heterocycles. The molecule has 2 aromatic rings. The second-order valence-electron chi connectivity index (χ2n) is 9.92. The minimum absolute atomic E-state index is 0.0461. The zero-order valence-electron chi connectivity index (χ0n) is 19.1. The van der Waals surface area contributed by atoms with Crippen LogP contribution in [0.15, 0.2) is 18.2 Å². The Hall–Kier alpha value is -2.70. The molecule has 1 aliphatic carbocycles. The molecule has 1 aromatic heterocycles. The predicted molar refractivity (Wildman–Crippen MR) is 121 cm³/mol. The lowest BCUT2D eigenvalue weighted by Gasteiger charge is -2.37. The Morgan fingerprint density at radius 3 is 2.31 bits per heavy atom. The van der Waals surface area contributed by atoms with Gasteiger partial charge in [-0.1, -0.05) is 17.2 Å². The fourth-order valence-corrected chi connectivity index (χ4v) is 5.27. The summed E-state index contributed by atoms with van der Waals surface area (Å²) in [6, 6.07) is 5.97. The number of piperidine rings is 2. The SMILES string of the molecule is Cc1cc(C)cc(C(=O)N2CCCC(C(=O)N3CCC(c4nc(C5CC5)n[nH]4)CC3)C2)c1. The van der Waals surface area contributed by atoms with Gasteiger partial charge in [-0.05, 0) is 64.5 Å². The second kappa shape index (κ2) is 8.68. The van der Waals surface area contributed by atoms with E-state index < -0.39 is 0 Å². The van der Waals surface area contributed by atoms with Crippen molar-refractivity contribution in [2.45, 2.75) is 64.2 Å². The van der Waals surface area contributed by atoms with Crippen LogP contribution in [0.2, 0.25) is 0 Å². The van der Waals surface area contributed by atoms with Gasteiger partial charge < -0.3 is 9.80 Å². The summed E-state index contributed by atoms with van der Waals surface area (Å²) in [6.45, 7) is 6.79. The Labute approximate surface area is 189 Å². The molecule has 1 saturated carbocycles. The second-order valence-corrected chi connectivity index (χ2v) is 9.92. The molecule has 5 rings (SSSR count). The average Bonchev–Trinajstić information content (AvgIpc) is 3.54. The Kier molecular flexibility index (Phi) is 5.74. The summed E-state index contributed by atoms with van der Waals surface area (Å²) in [4.78, 5) is 34.9. The van der Waals surface area contributed by atoms with Gasteiger partial charge in [-0.2, -0.15) is 5.10 Å². The third-order valence-corrected chi connectivity index (χ3v) is 7.18. The van der Waals surface area contributed by atoms with Crippen molar-refractivity contribution in [3.8, 4) is 0 Å². The highest BCUT2D eigenvalue weighted by atomic mass is 16.2. The molecular formula is C25H33N5O2. The van der Waals surface area contributed by atoms with Crippen molar-refractivity contribution in [3.05, 3.63) is 46.5 Å². The van der Waals surface area contributed by atoms with E-state index in [1.807, 2.05) is 35.8 Å². The van der Waals surface area contributed by atoms with Crippen molar-refractivity contribution >= 4 is 11.8 Å². The first-order chi connectivity index (χ1) is 15.5. The number of aromatic amines is 1. The zero-order valence-corrected chi connectivity index (χ0v) is 19.1. The van der Waals surface area contributed by atoms with E-state index in [-0.39, 0.29) is 17.7 Å². The summed E-state index contributed by atoms with van der Waals surface area (Å²) in [5, 5.41) is 7.52. The van der Waals surface area contributed by atoms with E-state index in [2.05, 4.69) is 16.3 Å². The minimum atomic E-state index is -0.0955. The number of rotatable bonds is 4. The normalized spacial score (nSPS) is 22.2. The van der Waals surface area contributed by atoms with Crippen LogP contribution in [0.3, 0.4) is 0 Å². The molecule has 3 heterocycles. The van der Waals surface area contributed by atoms with Gasteiger partial charge >= 0.3 is 0 Å². The van der Waals surface area contributed by atoms with Gasteiger partial charge in [-0.3, -0.25) is 14.7 Å². The van der Waals surface area contributed by atoms with E-state index in [9.17, 15) is 9.59 Å². The molecule has 0 radical (unpaired) electrons.